The van der Waals surface area contributed by atoms with Gasteiger partial charge in [-0.2, -0.15) is 9.97 Å². The highest BCUT2D eigenvalue weighted by molar-refractivity contribution is 6.38. The van der Waals surface area contributed by atoms with Crippen LogP contribution in [0, 0.1) is 5.92 Å². The molecule has 1 unspecified atom stereocenters. The fourth-order valence-electron chi connectivity index (χ4n) is 5.43. The summed E-state index contributed by atoms with van der Waals surface area (Å²) in [7, 11) is 1.44. The van der Waals surface area contributed by atoms with E-state index in [1.54, 1.807) is 15.8 Å². The van der Waals surface area contributed by atoms with E-state index in [9.17, 15) is 19.2 Å². The van der Waals surface area contributed by atoms with Gasteiger partial charge in [-0.1, -0.05) is 44.2 Å². The number of carbonyl (C=O) groups excluding carboxylic acids is 4. The van der Waals surface area contributed by atoms with Crippen molar-refractivity contribution < 1.29 is 23.9 Å². The average molecular weight is 636 g/mol. The van der Waals surface area contributed by atoms with Crippen LogP contribution in [0.1, 0.15) is 57.9 Å². The van der Waals surface area contributed by atoms with Crippen LogP contribution < -0.4 is 26.4 Å². The Bertz CT molecular complexity index is 1490. The predicted octanol–water partition coefficient (Wildman–Crippen LogP) is 2.22. The van der Waals surface area contributed by atoms with Crippen LogP contribution in [0.5, 0.6) is 6.01 Å². The summed E-state index contributed by atoms with van der Waals surface area (Å²) in [4.78, 5) is 67.3. The Kier molecular flexibility index (Phi) is 12.3. The van der Waals surface area contributed by atoms with Crippen molar-refractivity contribution in [1.82, 2.24) is 40.4 Å². The molecule has 1 aliphatic rings. The average Bonchev–Trinajstić information content (AvgIpc) is 3.48. The summed E-state index contributed by atoms with van der Waals surface area (Å²) >= 11 is 0. The number of ketones is 1. The number of anilines is 1. The van der Waals surface area contributed by atoms with Crippen molar-refractivity contribution in [3.05, 3.63) is 42.2 Å². The highest BCUT2D eigenvalue weighted by Crippen LogP contribution is 2.19. The fraction of sp³-hybridized carbons (Fsp3) is 0.531. The first kappa shape index (κ1) is 34.1. The first-order valence-electron chi connectivity index (χ1n) is 15.9. The third-order valence-corrected chi connectivity index (χ3v) is 7.90. The van der Waals surface area contributed by atoms with E-state index in [2.05, 4.69) is 30.9 Å². The SMILES string of the molecule is COc1nc(N)c2ncn(CCCNC(=O)C(=O)C(CCc3ccccc3)NC(=O)[C@H](CC(C)C)NC(=O)N3CCCCC3)c2n1. The van der Waals surface area contributed by atoms with E-state index < -0.39 is 29.7 Å². The summed E-state index contributed by atoms with van der Waals surface area (Å²) in [5.74, 6) is -1.71. The molecule has 3 heterocycles. The molecule has 1 saturated heterocycles. The minimum Gasteiger partial charge on any atom is -0.467 e. The van der Waals surface area contributed by atoms with Gasteiger partial charge in [0.25, 0.3) is 5.91 Å². The minimum absolute atomic E-state index is 0.107. The van der Waals surface area contributed by atoms with Gasteiger partial charge in [0.15, 0.2) is 11.5 Å². The molecule has 248 valence electrons. The molecule has 14 heteroatoms. The molecule has 0 radical (unpaired) electrons. The van der Waals surface area contributed by atoms with Gasteiger partial charge in [-0.3, -0.25) is 14.4 Å². The highest BCUT2D eigenvalue weighted by Gasteiger charge is 2.31. The maximum Gasteiger partial charge on any atom is 0.320 e. The van der Waals surface area contributed by atoms with Crippen molar-refractivity contribution in [3.63, 3.8) is 0 Å². The Morgan fingerprint density at radius 1 is 1.00 bits per heavy atom. The molecule has 14 nitrogen and oxygen atoms in total. The van der Waals surface area contributed by atoms with Crippen LogP contribution in [-0.4, -0.2) is 86.9 Å². The first-order valence-corrected chi connectivity index (χ1v) is 15.9. The Morgan fingerprint density at radius 2 is 1.74 bits per heavy atom. The van der Waals surface area contributed by atoms with E-state index in [0.717, 1.165) is 24.8 Å². The van der Waals surface area contributed by atoms with E-state index in [4.69, 9.17) is 10.5 Å². The molecule has 2 aromatic heterocycles. The number of urea groups is 1. The van der Waals surface area contributed by atoms with E-state index in [-0.39, 0.29) is 36.7 Å². The van der Waals surface area contributed by atoms with E-state index in [1.165, 1.54) is 7.11 Å². The molecule has 1 fully saturated rings. The number of hydrogen-bond donors (Lipinski definition) is 4. The number of aromatic nitrogens is 4. The highest BCUT2D eigenvalue weighted by atomic mass is 16.5. The zero-order valence-corrected chi connectivity index (χ0v) is 26.8. The van der Waals surface area contributed by atoms with Crippen molar-refractivity contribution in [2.24, 2.45) is 5.92 Å². The molecule has 0 saturated carbocycles. The van der Waals surface area contributed by atoms with Gasteiger partial charge in [0.2, 0.25) is 11.7 Å². The Morgan fingerprint density at radius 3 is 2.43 bits per heavy atom. The number of piperidine rings is 1. The number of rotatable bonds is 15. The van der Waals surface area contributed by atoms with Crippen molar-refractivity contribution in [1.29, 1.82) is 0 Å². The van der Waals surface area contributed by atoms with Gasteiger partial charge in [-0.15, -0.1) is 0 Å². The molecule has 4 rings (SSSR count). The zero-order valence-electron chi connectivity index (χ0n) is 26.8. The van der Waals surface area contributed by atoms with Gasteiger partial charge in [0, 0.05) is 26.2 Å². The number of nitrogen functional groups attached to an aromatic ring is 1. The molecule has 0 spiro atoms. The number of nitrogens with one attached hydrogen (secondary N) is 3. The maximum absolute atomic E-state index is 13.5. The third-order valence-electron chi connectivity index (χ3n) is 7.90. The van der Waals surface area contributed by atoms with E-state index in [1.807, 2.05) is 44.2 Å². The van der Waals surface area contributed by atoms with Crippen molar-refractivity contribution in [2.45, 2.75) is 77.4 Å². The van der Waals surface area contributed by atoms with Gasteiger partial charge in [-0.05, 0) is 56.4 Å². The normalized spacial score (nSPS) is 14.5. The number of nitrogens with zero attached hydrogens (tertiary/aromatic N) is 5. The van der Waals surface area contributed by atoms with Crippen LogP contribution in [0.25, 0.3) is 11.2 Å². The van der Waals surface area contributed by atoms with Crippen LogP contribution in [0.4, 0.5) is 10.6 Å². The van der Waals surface area contributed by atoms with Gasteiger partial charge in [0.05, 0.1) is 19.5 Å². The van der Waals surface area contributed by atoms with Crippen LogP contribution >= 0.6 is 0 Å². The molecule has 0 bridgehead atoms. The number of fused-ring (bicyclic) bond motifs is 1. The quantitative estimate of drug-likeness (QED) is 0.143. The summed E-state index contributed by atoms with van der Waals surface area (Å²) in [6.07, 6.45) is 6.07. The first-order chi connectivity index (χ1) is 22.2. The van der Waals surface area contributed by atoms with Crippen molar-refractivity contribution in [2.75, 3.05) is 32.5 Å². The fourth-order valence-corrected chi connectivity index (χ4v) is 5.43. The number of hydrogen-bond acceptors (Lipinski definition) is 9. The predicted molar refractivity (Wildman–Crippen MR) is 173 cm³/mol. The second kappa shape index (κ2) is 16.5. The number of nitrogens with two attached hydrogens (primary N) is 1. The molecule has 1 aliphatic heterocycles. The lowest BCUT2D eigenvalue weighted by molar-refractivity contribution is -0.140. The molecule has 3 aromatic rings. The van der Waals surface area contributed by atoms with E-state index >= 15 is 0 Å². The van der Waals surface area contributed by atoms with Crippen LogP contribution in [0.3, 0.4) is 0 Å². The summed E-state index contributed by atoms with van der Waals surface area (Å²) < 4.78 is 6.86. The lowest BCUT2D eigenvalue weighted by Crippen LogP contribution is -2.56. The number of Topliss-reactive ketones (excluding diaryl/α,β-unsaturated/α-hetero) is 1. The number of methoxy groups -OCH3 is 1. The zero-order chi connectivity index (χ0) is 33.1. The van der Waals surface area contributed by atoms with Gasteiger partial charge >= 0.3 is 12.0 Å². The number of benzene rings is 1. The van der Waals surface area contributed by atoms with E-state index in [0.29, 0.717) is 50.1 Å². The summed E-state index contributed by atoms with van der Waals surface area (Å²) in [5.41, 5.74) is 7.86. The number of amides is 4. The van der Waals surface area contributed by atoms with Gasteiger partial charge in [0.1, 0.15) is 11.6 Å². The van der Waals surface area contributed by atoms with Crippen molar-refractivity contribution >= 4 is 40.6 Å². The summed E-state index contributed by atoms with van der Waals surface area (Å²) in [6, 6.07) is 7.46. The van der Waals surface area contributed by atoms with Crippen LogP contribution in [-0.2, 0) is 27.3 Å². The molecular formula is C32H45N9O5. The number of aryl methyl sites for hydroxylation is 2. The second-order valence-electron chi connectivity index (χ2n) is 11.9. The molecule has 46 heavy (non-hydrogen) atoms. The van der Waals surface area contributed by atoms with Crippen LogP contribution in [0.2, 0.25) is 0 Å². The molecule has 5 N–H and O–H groups in total. The Hall–Kier alpha value is -4.75. The number of imidazole rings is 1. The Labute approximate surface area is 268 Å². The number of carbonyl (C=O) groups is 4. The molecule has 1 aromatic carbocycles. The van der Waals surface area contributed by atoms with Crippen molar-refractivity contribution in [3.8, 4) is 6.01 Å². The topological polar surface area (TPSA) is 186 Å². The monoisotopic (exact) mass is 635 g/mol. The molecular weight excluding hydrogens is 590 g/mol. The number of likely N-dealkylation sites (tertiary alicyclic amines) is 1. The summed E-state index contributed by atoms with van der Waals surface area (Å²) in [5, 5.41) is 8.36. The largest absolute Gasteiger partial charge is 0.467 e. The van der Waals surface area contributed by atoms with Gasteiger partial charge in [-0.25, -0.2) is 9.78 Å². The number of ether oxygens (including phenoxy) is 1. The lowest BCUT2D eigenvalue weighted by Gasteiger charge is -2.30. The third kappa shape index (κ3) is 9.38. The molecule has 2 atom stereocenters. The molecule has 4 amide bonds. The second-order valence-corrected chi connectivity index (χ2v) is 11.9. The maximum atomic E-state index is 13.5. The standard InChI is InChI=1S/C32H45N9O5/c1-21(2)19-24(37-32(45)40-16-8-5-9-17-40)29(43)36-23(14-13-22-11-6-4-7-12-22)26(42)30(44)34-15-10-18-41-20-35-25-27(33)38-31(46-3)39-28(25)41/h4,6-7,11-12,20-21,23-24H,5,8-10,13-19H2,1-3H3,(H,34,44)(H,36,43)(H,37,45)(H2,33,38,39)/t23?,24-/m0/s1. The minimum atomic E-state index is -1.07. The lowest BCUT2D eigenvalue weighted by atomic mass is 9.99. The summed E-state index contributed by atoms with van der Waals surface area (Å²) in [6.45, 7) is 5.85. The molecule has 0 aliphatic carbocycles. The van der Waals surface area contributed by atoms with Crippen LogP contribution in [0.15, 0.2) is 36.7 Å². The Balaban J connectivity index is 1.39. The van der Waals surface area contributed by atoms with Gasteiger partial charge < -0.3 is 35.9 Å². The smallest absolute Gasteiger partial charge is 0.320 e.